The molecule has 0 saturated heterocycles. The predicted molar refractivity (Wildman–Crippen MR) is 57.6 cm³/mol. The lowest BCUT2D eigenvalue weighted by atomic mass is 10.1. The predicted octanol–water partition coefficient (Wildman–Crippen LogP) is 3.96. The van der Waals surface area contributed by atoms with Gasteiger partial charge in [0.1, 0.15) is 0 Å². The maximum absolute atomic E-state index is 5.04. The van der Waals surface area contributed by atoms with E-state index in [2.05, 4.69) is 6.92 Å². The highest BCUT2D eigenvalue weighted by Gasteiger charge is 2.08. The summed E-state index contributed by atoms with van der Waals surface area (Å²) in [6, 6.07) is 0. The summed E-state index contributed by atoms with van der Waals surface area (Å²) in [6.07, 6.45) is 5.57. The Morgan fingerprint density at radius 1 is 1.50 bits per heavy atom. The molecule has 0 nitrogen and oxygen atoms in total. The molecule has 0 aromatic heterocycles. The summed E-state index contributed by atoms with van der Waals surface area (Å²) in [5.74, 6) is 0. The molecule has 0 radical (unpaired) electrons. The molecule has 0 amide bonds. The highest BCUT2D eigenvalue weighted by atomic mass is 127. The quantitative estimate of drug-likeness (QED) is 0.415. The molecule has 0 aliphatic heterocycles. The van der Waals surface area contributed by atoms with Gasteiger partial charge in [-0.3, -0.25) is 0 Å². The summed E-state index contributed by atoms with van der Waals surface area (Å²) in [4.78, 5) is 0. The fourth-order valence-electron chi connectivity index (χ4n) is 1.40. The molecular weight excluding hydrogens is 255 g/mol. The first-order chi connectivity index (χ1) is 4.84. The van der Waals surface area contributed by atoms with Gasteiger partial charge in [-0.15, -0.1) is 0 Å². The highest BCUT2D eigenvalue weighted by molar-refractivity contribution is 14.2. The van der Waals surface area contributed by atoms with Gasteiger partial charge >= 0.3 is 0 Å². The normalized spacial score (nSPS) is 17.9. The fraction of sp³-hybridized carbons (Fsp3) is 0.750. The van der Waals surface area contributed by atoms with Crippen molar-refractivity contribution in [2.24, 2.45) is 0 Å². The Morgan fingerprint density at radius 2 is 2.10 bits per heavy atom. The Balaban J connectivity index is 2.54. The van der Waals surface area contributed by atoms with Crippen LogP contribution in [0.2, 0.25) is 0 Å². The molecule has 0 bridgehead atoms. The van der Waals surface area contributed by atoms with Gasteiger partial charge in [-0.05, 0) is 61.1 Å². The fourth-order valence-corrected chi connectivity index (χ4v) is 3.51. The zero-order valence-corrected chi connectivity index (χ0v) is 9.30. The number of alkyl halides is 1. The first kappa shape index (κ1) is 8.78. The van der Waals surface area contributed by atoms with Crippen LogP contribution in [0.4, 0.5) is 0 Å². The van der Waals surface area contributed by atoms with Crippen molar-refractivity contribution in [1.82, 2.24) is 0 Å². The van der Waals surface area contributed by atoms with Crippen LogP contribution < -0.4 is 0 Å². The van der Waals surface area contributed by atoms with Crippen LogP contribution in [0.5, 0.6) is 0 Å². The van der Waals surface area contributed by atoms with Gasteiger partial charge < -0.3 is 0 Å². The smallest absolute Gasteiger partial charge is 0.0256 e. The summed E-state index contributed by atoms with van der Waals surface area (Å²) in [7, 11) is 5.04. The monoisotopic (exact) mass is 268 g/mol. The van der Waals surface area contributed by atoms with Crippen molar-refractivity contribution in [2.75, 3.05) is 4.43 Å². The van der Waals surface area contributed by atoms with Crippen molar-refractivity contribution >= 4 is 28.5 Å². The second-order valence-corrected chi connectivity index (χ2v) is 5.68. The van der Waals surface area contributed by atoms with E-state index >= 15 is 0 Å². The number of hydrogen-bond donors (Lipinski definition) is 0. The molecule has 0 atom stereocenters. The Labute approximate surface area is 76.5 Å². The molecule has 1 rings (SSSR count). The Kier molecular flexibility index (Phi) is 3.99. The Hall–Kier alpha value is 0.690. The molecule has 1 fully saturated rings. The second kappa shape index (κ2) is 4.54. The van der Waals surface area contributed by atoms with Crippen molar-refractivity contribution < 1.29 is 0 Å². The third-order valence-corrected chi connectivity index (χ3v) is 4.25. The molecule has 1 aliphatic carbocycles. The first-order valence-corrected chi connectivity index (χ1v) is 8.21. The molecule has 1 saturated carbocycles. The molecule has 0 N–H and O–H groups in total. The molecule has 0 aromatic carbocycles. The van der Waals surface area contributed by atoms with Crippen LogP contribution in [-0.2, 0) is 0 Å². The van der Waals surface area contributed by atoms with Crippen molar-refractivity contribution in [3.8, 4) is 0 Å². The molecule has 58 valence electrons. The average Bonchev–Trinajstić information content (AvgIpc) is 2.38. The molecule has 10 heavy (non-hydrogen) atoms. The molecular formula is C8H13IS. The summed E-state index contributed by atoms with van der Waals surface area (Å²) >= 11 is 0.0746. The summed E-state index contributed by atoms with van der Waals surface area (Å²) in [5.41, 5.74) is 3.35. The third kappa shape index (κ3) is 2.38. The maximum atomic E-state index is 5.04. The molecule has 0 unspecified atom stereocenters. The van der Waals surface area contributed by atoms with Gasteiger partial charge in [0.2, 0.25) is 0 Å². The van der Waals surface area contributed by atoms with E-state index in [0.29, 0.717) is 0 Å². The lowest BCUT2D eigenvalue weighted by Gasteiger charge is -1.99. The van der Waals surface area contributed by atoms with E-state index in [1.165, 1.54) is 30.1 Å². The highest BCUT2D eigenvalue weighted by Crippen LogP contribution is 2.28. The summed E-state index contributed by atoms with van der Waals surface area (Å²) < 4.78 is 1.25. The van der Waals surface area contributed by atoms with Crippen LogP contribution in [0, 0.1) is 0 Å². The van der Waals surface area contributed by atoms with Gasteiger partial charge in [-0.25, -0.2) is 0 Å². The SMILES string of the molecule is CC(CI=S)=C1CCCC1. The van der Waals surface area contributed by atoms with Gasteiger partial charge in [0, 0.05) is 4.43 Å². The van der Waals surface area contributed by atoms with Crippen molar-refractivity contribution in [1.29, 1.82) is 0 Å². The van der Waals surface area contributed by atoms with Crippen LogP contribution in [0.3, 0.4) is 0 Å². The molecule has 2 heteroatoms. The van der Waals surface area contributed by atoms with E-state index in [-0.39, 0.29) is 19.3 Å². The van der Waals surface area contributed by atoms with Gasteiger partial charge in [0.25, 0.3) is 0 Å². The zero-order chi connectivity index (χ0) is 7.40. The van der Waals surface area contributed by atoms with Gasteiger partial charge in [0.15, 0.2) is 0 Å². The van der Waals surface area contributed by atoms with E-state index in [9.17, 15) is 0 Å². The minimum Gasteiger partial charge on any atom is -0.0705 e. The van der Waals surface area contributed by atoms with Crippen molar-refractivity contribution in [3.63, 3.8) is 0 Å². The second-order valence-electron chi connectivity index (χ2n) is 2.83. The third-order valence-electron chi connectivity index (χ3n) is 2.07. The number of hydrogen-bond acceptors (Lipinski definition) is 1. The van der Waals surface area contributed by atoms with Gasteiger partial charge in [-0.1, -0.05) is 11.1 Å². The van der Waals surface area contributed by atoms with Crippen LogP contribution in [0.15, 0.2) is 11.1 Å². The van der Waals surface area contributed by atoms with E-state index < -0.39 is 0 Å². The topological polar surface area (TPSA) is 0 Å². The maximum Gasteiger partial charge on any atom is 0.0256 e. The Bertz CT molecular complexity index is 153. The minimum absolute atomic E-state index is 0.0746. The van der Waals surface area contributed by atoms with Gasteiger partial charge in [0.05, 0.1) is 0 Å². The minimum atomic E-state index is 0.0746. The summed E-state index contributed by atoms with van der Waals surface area (Å²) in [5, 5.41) is 0. The largest absolute Gasteiger partial charge is 0.0705 e. The zero-order valence-electron chi connectivity index (χ0n) is 6.32. The number of rotatable bonds is 2. The first-order valence-electron chi connectivity index (χ1n) is 3.73. The lowest BCUT2D eigenvalue weighted by molar-refractivity contribution is 0.886. The van der Waals surface area contributed by atoms with E-state index in [1.807, 2.05) is 0 Å². The van der Waals surface area contributed by atoms with Crippen LogP contribution in [0.25, 0.3) is 0 Å². The standard InChI is InChI=1S/C8H13IS/c1-7(6-9-10)8-4-2-3-5-8/h2-6H2,1H3. The van der Waals surface area contributed by atoms with Crippen LogP contribution >= 0.6 is 28.5 Å². The molecule has 1 aliphatic rings. The molecule has 0 heterocycles. The molecule has 0 aromatic rings. The molecule has 0 spiro atoms. The number of allylic oxidation sites excluding steroid dienone is 2. The lowest BCUT2D eigenvalue weighted by Crippen LogP contribution is -1.83. The van der Waals surface area contributed by atoms with E-state index in [4.69, 9.17) is 9.28 Å². The summed E-state index contributed by atoms with van der Waals surface area (Å²) in [6.45, 7) is 2.27. The van der Waals surface area contributed by atoms with E-state index in [0.717, 1.165) is 0 Å². The average molecular weight is 268 g/mol. The van der Waals surface area contributed by atoms with Gasteiger partial charge in [-0.2, -0.15) is 0 Å². The van der Waals surface area contributed by atoms with Crippen LogP contribution in [-0.4, -0.2) is 4.43 Å². The van der Waals surface area contributed by atoms with Crippen molar-refractivity contribution in [3.05, 3.63) is 11.1 Å². The van der Waals surface area contributed by atoms with Crippen molar-refractivity contribution in [2.45, 2.75) is 32.6 Å². The number of halogens is 1. The van der Waals surface area contributed by atoms with E-state index in [1.54, 1.807) is 11.1 Å². The van der Waals surface area contributed by atoms with Crippen LogP contribution in [0.1, 0.15) is 32.6 Å². The Morgan fingerprint density at radius 3 is 2.60 bits per heavy atom.